The smallest absolute Gasteiger partial charge is 0.338 e. The second-order valence-electron chi connectivity index (χ2n) is 5.93. The van der Waals surface area contributed by atoms with Crippen molar-refractivity contribution in [3.05, 3.63) is 41.5 Å². The van der Waals surface area contributed by atoms with E-state index in [0.29, 0.717) is 17.9 Å². The predicted molar refractivity (Wildman–Crippen MR) is 92.0 cm³/mol. The van der Waals surface area contributed by atoms with E-state index in [2.05, 4.69) is 11.4 Å². The van der Waals surface area contributed by atoms with Crippen molar-refractivity contribution in [1.82, 2.24) is 5.32 Å². The molecule has 0 aliphatic heterocycles. The van der Waals surface area contributed by atoms with E-state index < -0.39 is 12.1 Å². The van der Waals surface area contributed by atoms with Crippen LogP contribution in [0, 0.1) is 0 Å². The van der Waals surface area contributed by atoms with Crippen LogP contribution in [0.3, 0.4) is 0 Å². The van der Waals surface area contributed by atoms with Crippen LogP contribution in [0.15, 0.2) is 35.9 Å². The molecule has 1 aromatic rings. The molecule has 0 spiro atoms. The van der Waals surface area contributed by atoms with Crippen LogP contribution in [0.2, 0.25) is 0 Å². The van der Waals surface area contributed by atoms with Crippen LogP contribution >= 0.6 is 0 Å². The lowest BCUT2D eigenvalue weighted by Gasteiger charge is -2.15. The Hall–Kier alpha value is -2.30. The normalized spacial score (nSPS) is 15.2. The molecule has 0 bridgehead atoms. The average Bonchev–Trinajstić information content (AvgIpc) is 2.62. The molecule has 1 N–H and O–H groups in total. The first-order valence-electron chi connectivity index (χ1n) is 8.41. The highest BCUT2D eigenvalue weighted by Crippen LogP contribution is 2.19. The molecular formula is C19H25NO4. The van der Waals surface area contributed by atoms with E-state index in [4.69, 9.17) is 9.47 Å². The molecule has 1 aromatic carbocycles. The Morgan fingerprint density at radius 2 is 1.96 bits per heavy atom. The van der Waals surface area contributed by atoms with Gasteiger partial charge in [-0.05, 0) is 63.3 Å². The van der Waals surface area contributed by atoms with E-state index >= 15 is 0 Å². The second-order valence-corrected chi connectivity index (χ2v) is 5.93. The van der Waals surface area contributed by atoms with E-state index in [1.54, 1.807) is 38.3 Å². The van der Waals surface area contributed by atoms with Crippen LogP contribution < -0.4 is 10.1 Å². The molecule has 1 aliphatic rings. The van der Waals surface area contributed by atoms with Gasteiger partial charge in [-0.15, -0.1) is 0 Å². The first-order valence-corrected chi connectivity index (χ1v) is 8.41. The first-order chi connectivity index (χ1) is 11.6. The van der Waals surface area contributed by atoms with E-state index in [1.807, 2.05) is 0 Å². The number of carbonyl (C=O) groups excluding carboxylic acids is 2. The SMILES string of the molecule is COc1ccc(C(=O)O[C@@H](C)C(=O)NCCC2=CCCCC2)cc1. The van der Waals surface area contributed by atoms with Crippen LogP contribution in [-0.4, -0.2) is 31.6 Å². The first kappa shape index (κ1) is 18.0. The van der Waals surface area contributed by atoms with Crippen molar-refractivity contribution in [2.24, 2.45) is 0 Å². The predicted octanol–water partition coefficient (Wildman–Crippen LogP) is 3.25. The number of rotatable bonds is 7. The number of esters is 1. The number of ether oxygens (including phenoxy) is 2. The molecular weight excluding hydrogens is 306 g/mol. The molecule has 5 nitrogen and oxygen atoms in total. The van der Waals surface area contributed by atoms with Gasteiger partial charge in [0.15, 0.2) is 6.10 Å². The van der Waals surface area contributed by atoms with Gasteiger partial charge in [0.25, 0.3) is 5.91 Å². The summed E-state index contributed by atoms with van der Waals surface area (Å²) in [5.74, 6) is -0.127. The molecule has 1 amide bonds. The highest BCUT2D eigenvalue weighted by Gasteiger charge is 2.18. The molecule has 0 aromatic heterocycles. The summed E-state index contributed by atoms with van der Waals surface area (Å²) in [6.07, 6.45) is 7.06. The number of hydrogen-bond donors (Lipinski definition) is 1. The zero-order valence-corrected chi connectivity index (χ0v) is 14.3. The monoisotopic (exact) mass is 331 g/mol. The molecule has 1 atom stereocenters. The van der Waals surface area contributed by atoms with Crippen LogP contribution in [-0.2, 0) is 9.53 Å². The zero-order valence-electron chi connectivity index (χ0n) is 14.3. The highest BCUT2D eigenvalue weighted by atomic mass is 16.5. The van der Waals surface area contributed by atoms with Crippen molar-refractivity contribution >= 4 is 11.9 Å². The van der Waals surface area contributed by atoms with Gasteiger partial charge in [-0.3, -0.25) is 4.79 Å². The minimum atomic E-state index is -0.820. The van der Waals surface area contributed by atoms with E-state index in [1.165, 1.54) is 18.4 Å². The number of hydrogen-bond acceptors (Lipinski definition) is 4. The van der Waals surface area contributed by atoms with Crippen LogP contribution in [0.25, 0.3) is 0 Å². The van der Waals surface area contributed by atoms with Crippen molar-refractivity contribution in [1.29, 1.82) is 0 Å². The Balaban J connectivity index is 1.75. The van der Waals surface area contributed by atoms with Gasteiger partial charge >= 0.3 is 5.97 Å². The summed E-state index contributed by atoms with van der Waals surface area (Å²) in [5.41, 5.74) is 1.80. The fourth-order valence-electron chi connectivity index (χ4n) is 2.63. The summed E-state index contributed by atoms with van der Waals surface area (Å²) in [4.78, 5) is 24.1. The minimum Gasteiger partial charge on any atom is -0.497 e. The van der Waals surface area contributed by atoms with Gasteiger partial charge in [-0.2, -0.15) is 0 Å². The summed E-state index contributed by atoms with van der Waals surface area (Å²) in [6.45, 7) is 2.16. The summed E-state index contributed by atoms with van der Waals surface area (Å²) in [7, 11) is 1.56. The number of allylic oxidation sites excluding steroid dienone is 1. The number of methoxy groups -OCH3 is 1. The van der Waals surface area contributed by atoms with Crippen LogP contribution in [0.4, 0.5) is 0 Å². The third-order valence-electron chi connectivity index (χ3n) is 4.11. The lowest BCUT2D eigenvalue weighted by atomic mass is 9.97. The van der Waals surface area contributed by atoms with Gasteiger partial charge < -0.3 is 14.8 Å². The van der Waals surface area contributed by atoms with Gasteiger partial charge in [0.2, 0.25) is 0 Å². The summed E-state index contributed by atoms with van der Waals surface area (Å²) in [5, 5.41) is 2.83. The van der Waals surface area contributed by atoms with Gasteiger partial charge in [-0.1, -0.05) is 11.6 Å². The molecule has 0 unspecified atom stereocenters. The summed E-state index contributed by atoms with van der Waals surface area (Å²) < 4.78 is 10.2. The van der Waals surface area contributed by atoms with Crippen molar-refractivity contribution in [2.45, 2.75) is 45.1 Å². The standard InChI is InChI=1S/C19H25NO4/c1-14(18(21)20-13-12-15-6-4-3-5-7-15)24-19(22)16-8-10-17(23-2)11-9-16/h6,8-11,14H,3-5,7,12-13H2,1-2H3,(H,20,21)/t14-/m0/s1. The molecule has 24 heavy (non-hydrogen) atoms. The van der Waals surface area contributed by atoms with Crippen molar-refractivity contribution in [3.63, 3.8) is 0 Å². The molecule has 0 heterocycles. The molecule has 0 saturated heterocycles. The Bertz CT molecular complexity index is 592. The van der Waals surface area contributed by atoms with E-state index in [-0.39, 0.29) is 5.91 Å². The van der Waals surface area contributed by atoms with Crippen LogP contribution in [0.1, 0.15) is 49.4 Å². The summed E-state index contributed by atoms with van der Waals surface area (Å²) >= 11 is 0. The molecule has 2 rings (SSSR count). The number of nitrogens with one attached hydrogen (secondary N) is 1. The third-order valence-corrected chi connectivity index (χ3v) is 4.11. The maximum atomic E-state index is 12.0. The van der Waals surface area contributed by atoms with Gasteiger partial charge in [-0.25, -0.2) is 4.79 Å². The molecule has 5 heteroatoms. The topological polar surface area (TPSA) is 64.6 Å². The third kappa shape index (κ3) is 5.41. The van der Waals surface area contributed by atoms with E-state index in [0.717, 1.165) is 19.3 Å². The van der Waals surface area contributed by atoms with Crippen molar-refractivity contribution in [3.8, 4) is 5.75 Å². The molecule has 0 fully saturated rings. The zero-order chi connectivity index (χ0) is 17.4. The maximum Gasteiger partial charge on any atom is 0.338 e. The average molecular weight is 331 g/mol. The van der Waals surface area contributed by atoms with Gasteiger partial charge in [0.05, 0.1) is 12.7 Å². The van der Waals surface area contributed by atoms with Crippen molar-refractivity contribution < 1.29 is 19.1 Å². The lowest BCUT2D eigenvalue weighted by molar-refractivity contribution is -0.129. The maximum absolute atomic E-state index is 12.0. The number of carbonyl (C=O) groups is 2. The molecule has 0 saturated carbocycles. The van der Waals surface area contributed by atoms with E-state index in [9.17, 15) is 9.59 Å². The van der Waals surface area contributed by atoms with Crippen LogP contribution in [0.5, 0.6) is 5.75 Å². The molecule has 130 valence electrons. The Morgan fingerprint density at radius 3 is 2.58 bits per heavy atom. The Kier molecular flexibility index (Phi) is 6.85. The number of benzene rings is 1. The molecule has 1 aliphatic carbocycles. The summed E-state index contributed by atoms with van der Waals surface area (Å²) in [6, 6.07) is 6.58. The quantitative estimate of drug-likeness (QED) is 0.615. The largest absolute Gasteiger partial charge is 0.497 e. The lowest BCUT2D eigenvalue weighted by Crippen LogP contribution is -2.36. The second kappa shape index (κ2) is 9.11. The minimum absolute atomic E-state index is 0.270. The van der Waals surface area contributed by atoms with Gasteiger partial charge in [0, 0.05) is 6.54 Å². The fraction of sp³-hybridized carbons (Fsp3) is 0.474. The molecule has 0 radical (unpaired) electrons. The Labute approximate surface area is 143 Å². The van der Waals surface area contributed by atoms with Gasteiger partial charge in [0.1, 0.15) is 5.75 Å². The highest BCUT2D eigenvalue weighted by molar-refractivity contribution is 5.92. The number of amides is 1. The fourth-order valence-corrected chi connectivity index (χ4v) is 2.63. The Morgan fingerprint density at radius 1 is 1.21 bits per heavy atom. The van der Waals surface area contributed by atoms with Crippen molar-refractivity contribution in [2.75, 3.05) is 13.7 Å².